The van der Waals surface area contributed by atoms with Crippen LogP contribution in [0.3, 0.4) is 0 Å². The third kappa shape index (κ3) is 5.74. The van der Waals surface area contributed by atoms with Gasteiger partial charge in [-0.25, -0.2) is 10.0 Å². The maximum Gasteiger partial charge on any atom is 0.268 e. The number of aromatic hydroxyl groups is 1. The minimum atomic E-state index is -1.04. The van der Waals surface area contributed by atoms with Crippen LogP contribution < -0.4 is 5.32 Å². The minimum absolute atomic E-state index is 0.0679. The fraction of sp³-hybridized carbons (Fsp3) is 0.132. The number of nitrogens with zero attached hydrogens (tertiary/aromatic N) is 3. The number of imidazole rings is 1. The predicted molar refractivity (Wildman–Crippen MR) is 177 cm³/mol. The third-order valence-electron chi connectivity index (χ3n) is 8.31. The summed E-state index contributed by atoms with van der Waals surface area (Å²) < 4.78 is 2.06. The van der Waals surface area contributed by atoms with Gasteiger partial charge < -0.3 is 15.0 Å². The molecule has 1 aromatic heterocycles. The van der Waals surface area contributed by atoms with E-state index < -0.39 is 23.4 Å². The Morgan fingerprint density at radius 1 is 0.826 bits per heavy atom. The van der Waals surface area contributed by atoms with Crippen molar-refractivity contribution in [3.05, 3.63) is 168 Å². The van der Waals surface area contributed by atoms with Crippen LogP contribution >= 0.6 is 0 Å². The van der Waals surface area contributed by atoms with Crippen LogP contribution in [0.15, 0.2) is 140 Å². The highest BCUT2D eigenvalue weighted by Crippen LogP contribution is 2.40. The largest absolute Gasteiger partial charge is 0.507 e. The molecule has 230 valence electrons. The number of benzene rings is 5. The van der Waals surface area contributed by atoms with Crippen LogP contribution in [0, 0.1) is 0 Å². The molecule has 0 spiro atoms. The second kappa shape index (κ2) is 13.1. The highest BCUT2D eigenvalue weighted by Gasteiger charge is 2.38. The molecule has 0 bridgehead atoms. The lowest BCUT2D eigenvalue weighted by Gasteiger charge is -2.37. The molecule has 0 unspecified atom stereocenters. The topological polar surface area (TPSA) is 96.7 Å². The number of hydroxylamine groups is 2. The maximum atomic E-state index is 13.5. The van der Waals surface area contributed by atoms with Crippen molar-refractivity contribution < 1.29 is 19.5 Å². The minimum Gasteiger partial charge on any atom is -0.507 e. The average molecular weight is 611 g/mol. The van der Waals surface area contributed by atoms with Crippen LogP contribution in [-0.4, -0.2) is 51.7 Å². The number of fused-ring (bicyclic) bond motifs is 1. The molecular formula is C38H34N4O4. The van der Waals surface area contributed by atoms with Gasteiger partial charge in [0.25, 0.3) is 11.8 Å². The third-order valence-corrected chi connectivity index (χ3v) is 8.31. The molecule has 5 aromatic carbocycles. The molecule has 0 fully saturated rings. The van der Waals surface area contributed by atoms with Gasteiger partial charge >= 0.3 is 0 Å². The fourth-order valence-electron chi connectivity index (χ4n) is 6.00. The molecule has 0 radical (unpaired) electrons. The molecule has 0 aliphatic rings. The summed E-state index contributed by atoms with van der Waals surface area (Å²) in [7, 11) is 2.87. The molecule has 6 rings (SSSR count). The molecule has 8 heteroatoms. The molecule has 0 aliphatic heterocycles. The molecule has 2 N–H and O–H groups in total. The lowest BCUT2D eigenvalue weighted by atomic mass is 9.77. The van der Waals surface area contributed by atoms with Gasteiger partial charge in [0, 0.05) is 19.7 Å². The van der Waals surface area contributed by atoms with Crippen molar-refractivity contribution in [2.45, 2.75) is 18.0 Å². The lowest BCUT2D eigenvalue weighted by Crippen LogP contribution is -2.48. The van der Waals surface area contributed by atoms with E-state index in [1.807, 2.05) is 85.1 Å². The number of phenols is 1. The zero-order chi connectivity index (χ0) is 32.1. The number of carbonyl (C=O) groups excluding carboxylic acids is 2. The molecule has 0 saturated heterocycles. The van der Waals surface area contributed by atoms with Gasteiger partial charge in [0.15, 0.2) is 0 Å². The number of hydrogen-bond donors (Lipinski definition) is 2. The highest BCUT2D eigenvalue weighted by molar-refractivity contribution is 6.03. The van der Waals surface area contributed by atoms with Crippen LogP contribution in [0.2, 0.25) is 0 Å². The number of carbonyl (C=O) groups is 2. The SMILES string of the molecule is CON(C)C(=O)[C@H](Cc1cn(C(c2ccccc2)(c2ccccc2)c2ccccc2)cn1)NC(=O)c1cc2ccccc2cc1O. The van der Waals surface area contributed by atoms with E-state index in [1.165, 1.54) is 14.2 Å². The molecule has 46 heavy (non-hydrogen) atoms. The number of nitrogens with one attached hydrogen (secondary N) is 1. The molecule has 0 saturated carbocycles. The van der Waals surface area contributed by atoms with Gasteiger partial charge in [-0.3, -0.25) is 14.4 Å². The first-order chi connectivity index (χ1) is 22.4. The van der Waals surface area contributed by atoms with E-state index in [4.69, 9.17) is 9.82 Å². The summed E-state index contributed by atoms with van der Waals surface area (Å²) in [6, 6.07) is 40.2. The number of rotatable bonds is 10. The monoisotopic (exact) mass is 610 g/mol. The smallest absolute Gasteiger partial charge is 0.268 e. The van der Waals surface area contributed by atoms with E-state index >= 15 is 0 Å². The van der Waals surface area contributed by atoms with Crippen molar-refractivity contribution in [1.29, 1.82) is 0 Å². The summed E-state index contributed by atoms with van der Waals surface area (Å²) in [5, 5.41) is 16.2. The van der Waals surface area contributed by atoms with Crippen LogP contribution in [-0.2, 0) is 21.6 Å². The summed E-state index contributed by atoms with van der Waals surface area (Å²) in [5.74, 6) is -1.23. The van der Waals surface area contributed by atoms with Crippen LogP contribution in [0.5, 0.6) is 5.75 Å². The van der Waals surface area contributed by atoms with Gasteiger partial charge in [0.1, 0.15) is 17.3 Å². The van der Waals surface area contributed by atoms with Gasteiger partial charge in [0.05, 0.1) is 24.7 Å². The van der Waals surface area contributed by atoms with Crippen LogP contribution in [0.25, 0.3) is 10.8 Å². The van der Waals surface area contributed by atoms with E-state index in [1.54, 1.807) is 18.5 Å². The summed E-state index contributed by atoms with van der Waals surface area (Å²) in [5.41, 5.74) is 2.96. The Hall–Kier alpha value is -5.73. The summed E-state index contributed by atoms with van der Waals surface area (Å²) in [4.78, 5) is 37.0. The first kappa shape index (κ1) is 30.3. The van der Waals surface area contributed by atoms with Gasteiger partial charge in [-0.05, 0) is 39.6 Å². The van der Waals surface area contributed by atoms with E-state index in [9.17, 15) is 14.7 Å². The zero-order valence-corrected chi connectivity index (χ0v) is 25.6. The van der Waals surface area contributed by atoms with E-state index in [0.29, 0.717) is 5.69 Å². The van der Waals surface area contributed by atoms with Crippen molar-refractivity contribution in [2.75, 3.05) is 14.2 Å². The number of likely N-dealkylation sites (N-methyl/N-ethyl adjacent to an activating group) is 1. The normalized spacial score (nSPS) is 12.0. The number of hydrogen-bond acceptors (Lipinski definition) is 5. The van der Waals surface area contributed by atoms with Gasteiger partial charge in [-0.2, -0.15) is 0 Å². The molecule has 0 aliphatic carbocycles. The Balaban J connectivity index is 1.40. The van der Waals surface area contributed by atoms with Crippen molar-refractivity contribution in [3.63, 3.8) is 0 Å². The summed E-state index contributed by atoms with van der Waals surface area (Å²) in [6.07, 6.45) is 3.76. The Morgan fingerprint density at radius 2 is 1.33 bits per heavy atom. The number of amides is 2. The lowest BCUT2D eigenvalue weighted by molar-refractivity contribution is -0.170. The number of phenolic OH excluding ortho intramolecular Hbond substituents is 1. The van der Waals surface area contributed by atoms with Crippen LogP contribution in [0.1, 0.15) is 32.7 Å². The standard InChI is InChI=1S/C38H34N4O4/c1-41(46-2)37(45)34(40-36(44)33-22-27-14-12-13-15-28(27)23-35(33)43)24-32-25-42(26-39-32)38(29-16-6-3-7-17-29,30-18-8-4-9-19-30)31-20-10-5-11-21-31/h3-23,25-26,34,43H,24H2,1-2H3,(H,40,44)/t34-/m0/s1. The molecular weight excluding hydrogens is 576 g/mol. The molecule has 6 aromatic rings. The van der Waals surface area contributed by atoms with Crippen molar-refractivity contribution in [1.82, 2.24) is 19.9 Å². The predicted octanol–water partition coefficient (Wildman–Crippen LogP) is 5.94. The highest BCUT2D eigenvalue weighted by atomic mass is 16.7. The van der Waals surface area contributed by atoms with Gasteiger partial charge in [-0.15, -0.1) is 0 Å². The summed E-state index contributed by atoms with van der Waals surface area (Å²) in [6.45, 7) is 0. The average Bonchev–Trinajstić information content (AvgIpc) is 3.57. The maximum absolute atomic E-state index is 13.5. The van der Waals surface area contributed by atoms with Crippen molar-refractivity contribution >= 4 is 22.6 Å². The summed E-state index contributed by atoms with van der Waals surface area (Å²) >= 11 is 0. The Kier molecular flexibility index (Phi) is 8.63. The second-order valence-electron chi connectivity index (χ2n) is 11.0. The van der Waals surface area contributed by atoms with E-state index in [-0.39, 0.29) is 17.7 Å². The first-order valence-electron chi connectivity index (χ1n) is 15.0. The Labute approximate surface area is 267 Å². The number of aromatic nitrogens is 2. The zero-order valence-electron chi connectivity index (χ0n) is 25.6. The van der Waals surface area contributed by atoms with Crippen molar-refractivity contribution in [3.8, 4) is 5.75 Å². The Bertz CT molecular complexity index is 1860. The fourth-order valence-corrected chi connectivity index (χ4v) is 6.00. The van der Waals surface area contributed by atoms with Crippen molar-refractivity contribution in [2.24, 2.45) is 0 Å². The quantitative estimate of drug-likeness (QED) is 0.148. The van der Waals surface area contributed by atoms with E-state index in [2.05, 4.69) is 46.3 Å². The van der Waals surface area contributed by atoms with Gasteiger partial charge in [0.2, 0.25) is 0 Å². The second-order valence-corrected chi connectivity index (χ2v) is 11.0. The van der Waals surface area contributed by atoms with Crippen LogP contribution in [0.4, 0.5) is 0 Å². The first-order valence-corrected chi connectivity index (χ1v) is 15.0. The molecule has 1 heterocycles. The van der Waals surface area contributed by atoms with E-state index in [0.717, 1.165) is 32.5 Å². The Morgan fingerprint density at radius 3 is 1.85 bits per heavy atom. The molecule has 8 nitrogen and oxygen atoms in total. The molecule has 1 atom stereocenters. The van der Waals surface area contributed by atoms with Gasteiger partial charge in [-0.1, -0.05) is 115 Å². The molecule has 2 amide bonds.